The number of halogens is 1. The second-order valence-electron chi connectivity index (χ2n) is 8.93. The van der Waals surface area contributed by atoms with E-state index in [1.54, 1.807) is 30.3 Å². The number of Topliss-reactive ketones (excluding diaryl/α,β-unsaturated/α-hetero) is 1. The molecule has 1 saturated heterocycles. The van der Waals surface area contributed by atoms with E-state index in [1.165, 1.54) is 35.4 Å². The summed E-state index contributed by atoms with van der Waals surface area (Å²) < 4.78 is 30.9. The largest absolute Gasteiger partial charge is 0.507 e. The van der Waals surface area contributed by atoms with Gasteiger partial charge < -0.3 is 23.9 Å². The standard InChI is InChI=1S/C31H26FNO6/c1-2-37-26-17-22(12-15-25(26)39-19-20-7-4-3-5-8-20)28-27(29(34)21-10-13-23(32)14-11-21)30(35)31(36)33(28)18-24-9-6-16-38-24/h3-17,28,34H,2,18-19H2,1H3/b29-27+. The summed E-state index contributed by atoms with van der Waals surface area (Å²) in [6.45, 7) is 2.51. The highest BCUT2D eigenvalue weighted by Crippen LogP contribution is 2.43. The summed E-state index contributed by atoms with van der Waals surface area (Å²) in [7, 11) is 0. The van der Waals surface area contributed by atoms with Crippen LogP contribution in [0.4, 0.5) is 4.39 Å². The Morgan fingerprint density at radius 2 is 1.72 bits per heavy atom. The molecule has 0 radical (unpaired) electrons. The van der Waals surface area contributed by atoms with Gasteiger partial charge in [-0.1, -0.05) is 36.4 Å². The average molecular weight is 528 g/mol. The zero-order chi connectivity index (χ0) is 27.4. The number of rotatable bonds is 9. The summed E-state index contributed by atoms with van der Waals surface area (Å²) in [6, 6.07) is 22.3. The van der Waals surface area contributed by atoms with Gasteiger partial charge in [-0.15, -0.1) is 0 Å². The number of likely N-dealkylation sites (tertiary alicyclic amines) is 1. The maximum absolute atomic E-state index is 13.5. The van der Waals surface area contributed by atoms with E-state index < -0.39 is 29.3 Å². The Bertz CT molecular complexity index is 1500. The quantitative estimate of drug-likeness (QED) is 0.163. The summed E-state index contributed by atoms with van der Waals surface area (Å²) in [5.41, 5.74) is 1.61. The Kier molecular flexibility index (Phi) is 7.45. The highest BCUT2D eigenvalue weighted by atomic mass is 19.1. The molecule has 3 aromatic carbocycles. The Labute approximate surface area is 224 Å². The molecule has 1 atom stereocenters. The number of hydrogen-bond donors (Lipinski definition) is 1. The van der Waals surface area contributed by atoms with Crippen molar-refractivity contribution >= 4 is 17.4 Å². The van der Waals surface area contributed by atoms with Crippen LogP contribution in [-0.4, -0.2) is 28.3 Å². The normalized spacial score (nSPS) is 16.5. The second kappa shape index (κ2) is 11.3. The third kappa shape index (κ3) is 5.40. The Morgan fingerprint density at radius 3 is 2.41 bits per heavy atom. The zero-order valence-corrected chi connectivity index (χ0v) is 21.2. The molecule has 1 unspecified atom stereocenters. The molecule has 2 heterocycles. The van der Waals surface area contributed by atoms with Crippen molar-refractivity contribution in [2.24, 2.45) is 0 Å². The van der Waals surface area contributed by atoms with E-state index in [1.807, 2.05) is 37.3 Å². The highest BCUT2D eigenvalue weighted by molar-refractivity contribution is 6.46. The van der Waals surface area contributed by atoms with Crippen molar-refractivity contribution in [1.82, 2.24) is 4.90 Å². The van der Waals surface area contributed by atoms with Gasteiger partial charge in [0.05, 0.1) is 31.0 Å². The van der Waals surface area contributed by atoms with Crippen LogP contribution in [0.15, 0.2) is 101 Å². The molecule has 1 aliphatic heterocycles. The van der Waals surface area contributed by atoms with Crippen LogP contribution in [0.2, 0.25) is 0 Å². The average Bonchev–Trinajstić information content (AvgIpc) is 3.55. The first-order chi connectivity index (χ1) is 19.0. The predicted molar refractivity (Wildman–Crippen MR) is 141 cm³/mol. The lowest BCUT2D eigenvalue weighted by Gasteiger charge is -2.25. The molecule has 1 fully saturated rings. The summed E-state index contributed by atoms with van der Waals surface area (Å²) >= 11 is 0. The first kappa shape index (κ1) is 25.8. The topological polar surface area (TPSA) is 89.2 Å². The smallest absolute Gasteiger partial charge is 0.296 e. The summed E-state index contributed by atoms with van der Waals surface area (Å²) in [4.78, 5) is 27.8. The number of aliphatic hydroxyl groups is 1. The Morgan fingerprint density at radius 1 is 0.949 bits per heavy atom. The van der Waals surface area contributed by atoms with Crippen molar-refractivity contribution in [1.29, 1.82) is 0 Å². The Balaban J connectivity index is 1.58. The molecule has 7 nitrogen and oxygen atoms in total. The third-order valence-electron chi connectivity index (χ3n) is 6.38. The monoisotopic (exact) mass is 527 g/mol. The van der Waals surface area contributed by atoms with Crippen molar-refractivity contribution in [2.45, 2.75) is 26.1 Å². The predicted octanol–water partition coefficient (Wildman–Crippen LogP) is 6.02. The van der Waals surface area contributed by atoms with E-state index in [-0.39, 0.29) is 17.7 Å². The molecular formula is C31H26FNO6. The van der Waals surface area contributed by atoms with Gasteiger partial charge in [0.2, 0.25) is 0 Å². The first-order valence-electron chi connectivity index (χ1n) is 12.5. The van der Waals surface area contributed by atoms with Gasteiger partial charge in [0.25, 0.3) is 11.7 Å². The SMILES string of the molecule is CCOc1cc(C2/C(=C(\O)c3ccc(F)cc3)C(=O)C(=O)N2Cc2ccco2)ccc1OCc1ccccc1. The van der Waals surface area contributed by atoms with E-state index in [0.717, 1.165) is 5.56 Å². The van der Waals surface area contributed by atoms with Gasteiger partial charge >= 0.3 is 0 Å². The van der Waals surface area contributed by atoms with Gasteiger partial charge in [-0.05, 0) is 66.6 Å². The van der Waals surface area contributed by atoms with Gasteiger partial charge in [-0.25, -0.2) is 4.39 Å². The van der Waals surface area contributed by atoms with Gasteiger partial charge in [0.15, 0.2) is 11.5 Å². The molecule has 1 aliphatic rings. The molecule has 39 heavy (non-hydrogen) atoms. The lowest BCUT2D eigenvalue weighted by molar-refractivity contribution is -0.140. The van der Waals surface area contributed by atoms with E-state index in [9.17, 15) is 19.1 Å². The van der Waals surface area contributed by atoms with E-state index in [0.29, 0.717) is 36.0 Å². The number of amides is 1. The van der Waals surface area contributed by atoms with Gasteiger partial charge in [0, 0.05) is 5.56 Å². The van der Waals surface area contributed by atoms with Crippen molar-refractivity contribution in [3.63, 3.8) is 0 Å². The van der Waals surface area contributed by atoms with E-state index >= 15 is 0 Å². The number of furan rings is 1. The van der Waals surface area contributed by atoms with Crippen LogP contribution in [-0.2, 0) is 22.7 Å². The number of benzene rings is 3. The summed E-state index contributed by atoms with van der Waals surface area (Å²) in [6.07, 6.45) is 1.48. The number of aliphatic hydroxyl groups excluding tert-OH is 1. The summed E-state index contributed by atoms with van der Waals surface area (Å²) in [5, 5.41) is 11.2. The minimum absolute atomic E-state index is 0.00132. The molecule has 5 rings (SSSR count). The van der Waals surface area contributed by atoms with Gasteiger partial charge in [-0.3, -0.25) is 9.59 Å². The molecule has 4 aromatic rings. The van der Waals surface area contributed by atoms with Gasteiger partial charge in [-0.2, -0.15) is 0 Å². The second-order valence-corrected chi connectivity index (χ2v) is 8.93. The number of ether oxygens (including phenoxy) is 2. The molecule has 1 aromatic heterocycles. The molecule has 0 aliphatic carbocycles. The molecular weight excluding hydrogens is 501 g/mol. The van der Waals surface area contributed by atoms with Crippen molar-refractivity contribution in [3.8, 4) is 11.5 Å². The van der Waals surface area contributed by atoms with Crippen molar-refractivity contribution in [2.75, 3.05) is 6.61 Å². The molecule has 198 valence electrons. The van der Waals surface area contributed by atoms with Crippen molar-refractivity contribution < 1.29 is 33.0 Å². The minimum Gasteiger partial charge on any atom is -0.507 e. The maximum atomic E-state index is 13.5. The Hall–Kier alpha value is -4.85. The molecule has 0 bridgehead atoms. The zero-order valence-electron chi connectivity index (χ0n) is 21.2. The van der Waals surface area contributed by atoms with Crippen LogP contribution < -0.4 is 9.47 Å². The minimum atomic E-state index is -0.956. The molecule has 1 N–H and O–H groups in total. The first-order valence-corrected chi connectivity index (χ1v) is 12.5. The fourth-order valence-corrected chi connectivity index (χ4v) is 4.54. The van der Waals surface area contributed by atoms with Crippen LogP contribution in [0.1, 0.15) is 35.4 Å². The van der Waals surface area contributed by atoms with Crippen LogP contribution in [0.5, 0.6) is 11.5 Å². The van der Waals surface area contributed by atoms with Crippen molar-refractivity contribution in [3.05, 3.63) is 125 Å². The van der Waals surface area contributed by atoms with Gasteiger partial charge in [0.1, 0.15) is 23.9 Å². The van der Waals surface area contributed by atoms with Crippen LogP contribution in [0.25, 0.3) is 5.76 Å². The van der Waals surface area contributed by atoms with Crippen LogP contribution in [0.3, 0.4) is 0 Å². The van der Waals surface area contributed by atoms with Crippen LogP contribution >= 0.6 is 0 Å². The third-order valence-corrected chi connectivity index (χ3v) is 6.38. The number of carbonyl (C=O) groups is 2. The fraction of sp³-hybridized carbons (Fsp3) is 0.161. The summed E-state index contributed by atoms with van der Waals surface area (Å²) in [5.74, 6) is -1.14. The number of nitrogens with zero attached hydrogens (tertiary/aromatic N) is 1. The molecule has 0 spiro atoms. The lowest BCUT2D eigenvalue weighted by Crippen LogP contribution is -2.29. The van der Waals surface area contributed by atoms with Crippen LogP contribution in [0, 0.1) is 5.82 Å². The number of ketones is 1. The molecule has 1 amide bonds. The fourth-order valence-electron chi connectivity index (χ4n) is 4.54. The van der Waals surface area contributed by atoms with E-state index in [4.69, 9.17) is 13.9 Å². The number of carbonyl (C=O) groups excluding carboxylic acids is 2. The molecule has 8 heteroatoms. The molecule has 0 saturated carbocycles. The maximum Gasteiger partial charge on any atom is 0.296 e. The lowest BCUT2D eigenvalue weighted by atomic mass is 9.95. The highest BCUT2D eigenvalue weighted by Gasteiger charge is 2.46. The van der Waals surface area contributed by atoms with E-state index in [2.05, 4.69) is 0 Å². The number of hydrogen-bond acceptors (Lipinski definition) is 6.